The summed E-state index contributed by atoms with van der Waals surface area (Å²) >= 11 is 0. The van der Waals surface area contributed by atoms with E-state index in [9.17, 15) is 4.79 Å². The van der Waals surface area contributed by atoms with E-state index in [0.29, 0.717) is 24.5 Å². The predicted octanol–water partition coefficient (Wildman–Crippen LogP) is 2.56. The van der Waals surface area contributed by atoms with Crippen molar-refractivity contribution in [2.24, 2.45) is 0 Å². The van der Waals surface area contributed by atoms with Crippen molar-refractivity contribution >= 4 is 16.8 Å². The zero-order valence-electron chi connectivity index (χ0n) is 13.4. The minimum Gasteiger partial charge on any atom is -0.471 e. The van der Waals surface area contributed by atoms with Gasteiger partial charge in [-0.2, -0.15) is 5.10 Å². The first kappa shape index (κ1) is 14.7. The van der Waals surface area contributed by atoms with Gasteiger partial charge in [0.1, 0.15) is 6.10 Å². The van der Waals surface area contributed by atoms with Crippen molar-refractivity contribution < 1.29 is 9.53 Å². The molecule has 4 rings (SSSR count). The number of benzene rings is 1. The predicted molar refractivity (Wildman–Crippen MR) is 90.0 cm³/mol. The van der Waals surface area contributed by atoms with Crippen LogP contribution < -0.4 is 4.74 Å². The molecule has 1 aliphatic heterocycles. The lowest BCUT2D eigenvalue weighted by Crippen LogP contribution is -2.31. The Balaban J connectivity index is 1.43. The summed E-state index contributed by atoms with van der Waals surface area (Å²) in [6.07, 6.45) is 2.63. The molecule has 3 heterocycles. The molecule has 2 aromatic heterocycles. The van der Waals surface area contributed by atoms with Crippen molar-refractivity contribution in [1.29, 1.82) is 0 Å². The van der Waals surface area contributed by atoms with E-state index in [4.69, 9.17) is 4.74 Å². The van der Waals surface area contributed by atoms with Gasteiger partial charge in [-0.3, -0.25) is 4.79 Å². The summed E-state index contributed by atoms with van der Waals surface area (Å²) in [5.41, 5.74) is 2.52. The number of carbonyl (C=O) groups is 1. The summed E-state index contributed by atoms with van der Waals surface area (Å²) < 4.78 is 5.83. The number of aromatic nitrogens is 3. The number of aromatic amines is 1. The normalized spacial score (nSPS) is 17.4. The van der Waals surface area contributed by atoms with E-state index < -0.39 is 0 Å². The van der Waals surface area contributed by atoms with Gasteiger partial charge < -0.3 is 14.6 Å². The average Bonchev–Trinajstić information content (AvgIpc) is 3.24. The SMILES string of the molecule is Cc1ccc(O[C@H]2CCN(C(=O)c3ccc4cc[nH]c4c3)C2)nn1. The molecule has 0 unspecified atom stereocenters. The van der Waals surface area contributed by atoms with Gasteiger partial charge in [0, 0.05) is 36.3 Å². The van der Waals surface area contributed by atoms with Gasteiger partial charge in [-0.25, -0.2) is 0 Å². The number of carbonyl (C=O) groups excluding carboxylic acids is 1. The summed E-state index contributed by atoms with van der Waals surface area (Å²) in [5, 5.41) is 9.11. The number of nitrogens with zero attached hydrogens (tertiary/aromatic N) is 3. The van der Waals surface area contributed by atoms with E-state index in [1.807, 2.05) is 54.4 Å². The summed E-state index contributed by atoms with van der Waals surface area (Å²) in [6.45, 7) is 3.14. The molecule has 1 aliphatic rings. The first-order valence-corrected chi connectivity index (χ1v) is 8.02. The van der Waals surface area contributed by atoms with E-state index in [0.717, 1.165) is 23.0 Å². The second-order valence-electron chi connectivity index (χ2n) is 6.07. The first-order valence-electron chi connectivity index (χ1n) is 8.02. The maximum Gasteiger partial charge on any atom is 0.254 e. The fraction of sp³-hybridized carbons (Fsp3) is 0.278. The molecule has 0 aliphatic carbocycles. The number of likely N-dealkylation sites (tertiary alicyclic amines) is 1. The maximum absolute atomic E-state index is 12.7. The fourth-order valence-electron chi connectivity index (χ4n) is 2.99. The minimum atomic E-state index is -0.0415. The number of rotatable bonds is 3. The quantitative estimate of drug-likeness (QED) is 0.804. The molecule has 0 saturated carbocycles. The average molecular weight is 322 g/mol. The number of aryl methyl sites for hydroxylation is 1. The molecule has 0 radical (unpaired) electrons. The zero-order chi connectivity index (χ0) is 16.5. The van der Waals surface area contributed by atoms with Crippen LogP contribution in [0.2, 0.25) is 0 Å². The van der Waals surface area contributed by atoms with Gasteiger partial charge in [0.15, 0.2) is 0 Å². The Morgan fingerprint density at radius 3 is 3.00 bits per heavy atom. The molecule has 122 valence electrons. The number of amides is 1. The van der Waals surface area contributed by atoms with Crippen molar-refractivity contribution in [3.8, 4) is 5.88 Å². The van der Waals surface area contributed by atoms with E-state index in [2.05, 4.69) is 15.2 Å². The van der Waals surface area contributed by atoms with Crippen LogP contribution in [0.25, 0.3) is 10.9 Å². The number of ether oxygens (including phenoxy) is 1. The van der Waals surface area contributed by atoms with Gasteiger partial charge in [-0.05, 0) is 36.6 Å². The molecule has 6 heteroatoms. The second-order valence-corrected chi connectivity index (χ2v) is 6.07. The van der Waals surface area contributed by atoms with Crippen molar-refractivity contribution in [3.05, 3.63) is 53.9 Å². The number of hydrogen-bond donors (Lipinski definition) is 1. The van der Waals surface area contributed by atoms with Crippen LogP contribution in [-0.4, -0.2) is 45.2 Å². The molecule has 6 nitrogen and oxygen atoms in total. The van der Waals surface area contributed by atoms with Gasteiger partial charge in [0.25, 0.3) is 5.91 Å². The minimum absolute atomic E-state index is 0.0348. The number of fused-ring (bicyclic) bond motifs is 1. The molecule has 1 fully saturated rings. The molecule has 24 heavy (non-hydrogen) atoms. The van der Waals surface area contributed by atoms with Gasteiger partial charge >= 0.3 is 0 Å². The molecule has 0 bridgehead atoms. The van der Waals surface area contributed by atoms with Crippen molar-refractivity contribution in [1.82, 2.24) is 20.1 Å². The Hall–Kier alpha value is -2.89. The van der Waals surface area contributed by atoms with Crippen LogP contribution >= 0.6 is 0 Å². The first-order chi connectivity index (χ1) is 11.7. The molecule has 1 N–H and O–H groups in total. The lowest BCUT2D eigenvalue weighted by molar-refractivity contribution is 0.0771. The van der Waals surface area contributed by atoms with E-state index >= 15 is 0 Å². The van der Waals surface area contributed by atoms with Crippen LogP contribution in [0.5, 0.6) is 5.88 Å². The summed E-state index contributed by atoms with van der Waals surface area (Å²) in [4.78, 5) is 17.7. The van der Waals surface area contributed by atoms with E-state index in [1.165, 1.54) is 0 Å². The van der Waals surface area contributed by atoms with Crippen LogP contribution in [0.3, 0.4) is 0 Å². The Morgan fingerprint density at radius 2 is 2.17 bits per heavy atom. The second kappa shape index (κ2) is 5.96. The Kier molecular flexibility index (Phi) is 3.65. The lowest BCUT2D eigenvalue weighted by atomic mass is 10.1. The highest BCUT2D eigenvalue weighted by Crippen LogP contribution is 2.20. The van der Waals surface area contributed by atoms with E-state index in [1.54, 1.807) is 0 Å². The molecule has 1 atom stereocenters. The Morgan fingerprint density at radius 1 is 1.25 bits per heavy atom. The van der Waals surface area contributed by atoms with Gasteiger partial charge in [0.2, 0.25) is 5.88 Å². The van der Waals surface area contributed by atoms with Crippen molar-refractivity contribution in [2.45, 2.75) is 19.4 Å². The van der Waals surface area contributed by atoms with Crippen molar-refractivity contribution in [2.75, 3.05) is 13.1 Å². The number of hydrogen-bond acceptors (Lipinski definition) is 4. The molecule has 3 aromatic rings. The topological polar surface area (TPSA) is 71.1 Å². The molecule has 1 amide bonds. The third-order valence-electron chi connectivity index (χ3n) is 4.30. The highest BCUT2D eigenvalue weighted by molar-refractivity contribution is 5.98. The van der Waals surface area contributed by atoms with Crippen LogP contribution in [0.4, 0.5) is 0 Å². The Labute approximate surface area is 139 Å². The maximum atomic E-state index is 12.7. The molecule has 1 saturated heterocycles. The fourth-order valence-corrected chi connectivity index (χ4v) is 2.99. The zero-order valence-corrected chi connectivity index (χ0v) is 13.4. The highest BCUT2D eigenvalue weighted by Gasteiger charge is 2.28. The summed E-state index contributed by atoms with van der Waals surface area (Å²) in [5.74, 6) is 0.542. The monoisotopic (exact) mass is 322 g/mol. The molecular weight excluding hydrogens is 304 g/mol. The van der Waals surface area contributed by atoms with Crippen molar-refractivity contribution in [3.63, 3.8) is 0 Å². The third-order valence-corrected chi connectivity index (χ3v) is 4.30. The molecule has 1 aromatic carbocycles. The molecular formula is C18H18N4O2. The van der Waals surface area contributed by atoms with Crippen LogP contribution in [0, 0.1) is 6.92 Å². The summed E-state index contributed by atoms with van der Waals surface area (Å²) in [7, 11) is 0. The van der Waals surface area contributed by atoms with Crippen LogP contribution in [0.1, 0.15) is 22.5 Å². The van der Waals surface area contributed by atoms with Gasteiger partial charge in [-0.1, -0.05) is 6.07 Å². The van der Waals surface area contributed by atoms with Crippen LogP contribution in [0.15, 0.2) is 42.6 Å². The smallest absolute Gasteiger partial charge is 0.254 e. The largest absolute Gasteiger partial charge is 0.471 e. The number of nitrogens with one attached hydrogen (secondary N) is 1. The number of H-pyrrole nitrogens is 1. The van der Waals surface area contributed by atoms with E-state index in [-0.39, 0.29) is 12.0 Å². The van der Waals surface area contributed by atoms with Gasteiger partial charge in [-0.15, -0.1) is 5.10 Å². The summed E-state index contributed by atoms with van der Waals surface area (Å²) in [6, 6.07) is 11.4. The van der Waals surface area contributed by atoms with Gasteiger partial charge in [0.05, 0.1) is 12.2 Å². The van der Waals surface area contributed by atoms with Crippen LogP contribution in [-0.2, 0) is 0 Å². The molecule has 0 spiro atoms. The Bertz CT molecular complexity index is 872. The standard InChI is InChI=1S/C18H18N4O2/c1-12-2-5-17(21-20-12)24-15-7-9-22(11-15)18(23)14-4-3-13-6-8-19-16(13)10-14/h2-6,8,10,15,19H,7,9,11H2,1H3/t15-/m0/s1. The highest BCUT2D eigenvalue weighted by atomic mass is 16.5. The third kappa shape index (κ3) is 2.82. The lowest BCUT2D eigenvalue weighted by Gasteiger charge is -2.17.